The summed E-state index contributed by atoms with van der Waals surface area (Å²) in [5.41, 5.74) is 1.74. The normalized spacial score (nSPS) is 17.7. The second kappa shape index (κ2) is 9.39. The highest BCUT2D eigenvalue weighted by molar-refractivity contribution is 5.94. The van der Waals surface area contributed by atoms with E-state index in [-0.39, 0.29) is 5.91 Å². The number of carbonyl (C=O) groups excluding carboxylic acids is 1. The number of rotatable bonds is 7. The maximum atomic E-state index is 12.3. The standard InChI is InChI=1S/C22H28N2O2/c1-18-6-5-14-24(16-18)15-13-23-22(25)20-11-9-19(10-12-20)17-26-21-7-3-2-4-8-21/h2-4,7-12,18H,5-6,13-17H2,1H3,(H,23,25). The zero-order chi connectivity index (χ0) is 18.2. The van der Waals surface area contributed by atoms with Crippen molar-refractivity contribution >= 4 is 5.91 Å². The molecule has 1 unspecified atom stereocenters. The van der Waals surface area contributed by atoms with E-state index in [1.54, 1.807) is 0 Å². The van der Waals surface area contributed by atoms with Crippen LogP contribution >= 0.6 is 0 Å². The largest absolute Gasteiger partial charge is 0.489 e. The van der Waals surface area contributed by atoms with Gasteiger partial charge in [0.05, 0.1) is 0 Å². The van der Waals surface area contributed by atoms with Crippen LogP contribution in [0.1, 0.15) is 35.7 Å². The van der Waals surface area contributed by atoms with E-state index in [4.69, 9.17) is 4.74 Å². The SMILES string of the molecule is CC1CCCN(CCNC(=O)c2ccc(COc3ccccc3)cc2)C1. The van der Waals surface area contributed by atoms with Crippen LogP contribution in [0.5, 0.6) is 5.75 Å². The topological polar surface area (TPSA) is 41.6 Å². The second-order valence-electron chi connectivity index (χ2n) is 7.10. The van der Waals surface area contributed by atoms with Gasteiger partial charge in [-0.2, -0.15) is 0 Å². The molecule has 1 fully saturated rings. The summed E-state index contributed by atoms with van der Waals surface area (Å²) < 4.78 is 5.73. The molecule has 0 radical (unpaired) electrons. The lowest BCUT2D eigenvalue weighted by molar-refractivity contribution is 0.0943. The van der Waals surface area contributed by atoms with E-state index in [1.807, 2.05) is 54.6 Å². The summed E-state index contributed by atoms with van der Waals surface area (Å²) in [7, 11) is 0. The number of hydrogen-bond donors (Lipinski definition) is 1. The van der Waals surface area contributed by atoms with Gasteiger partial charge >= 0.3 is 0 Å². The van der Waals surface area contributed by atoms with E-state index < -0.39 is 0 Å². The highest BCUT2D eigenvalue weighted by Gasteiger charge is 2.15. The molecule has 1 heterocycles. The Labute approximate surface area is 156 Å². The third kappa shape index (κ3) is 5.60. The first-order valence-corrected chi connectivity index (χ1v) is 9.48. The van der Waals surface area contributed by atoms with Crippen molar-refractivity contribution in [3.63, 3.8) is 0 Å². The van der Waals surface area contributed by atoms with Crippen molar-refractivity contribution in [2.45, 2.75) is 26.4 Å². The van der Waals surface area contributed by atoms with Crippen LogP contribution in [0.3, 0.4) is 0 Å². The zero-order valence-corrected chi connectivity index (χ0v) is 15.5. The van der Waals surface area contributed by atoms with E-state index in [0.29, 0.717) is 18.7 Å². The van der Waals surface area contributed by atoms with Crippen LogP contribution < -0.4 is 10.1 Å². The second-order valence-corrected chi connectivity index (χ2v) is 7.10. The first-order chi connectivity index (χ1) is 12.7. The number of ether oxygens (including phenoxy) is 1. The van der Waals surface area contributed by atoms with Crippen molar-refractivity contribution in [2.75, 3.05) is 26.2 Å². The van der Waals surface area contributed by atoms with Gasteiger partial charge in [0, 0.05) is 25.2 Å². The van der Waals surface area contributed by atoms with E-state index in [1.165, 1.54) is 12.8 Å². The van der Waals surface area contributed by atoms with Crippen molar-refractivity contribution in [3.05, 3.63) is 65.7 Å². The predicted molar refractivity (Wildman–Crippen MR) is 104 cm³/mol. The zero-order valence-electron chi connectivity index (χ0n) is 15.5. The van der Waals surface area contributed by atoms with Crippen LogP contribution in [0.15, 0.2) is 54.6 Å². The third-order valence-corrected chi connectivity index (χ3v) is 4.82. The summed E-state index contributed by atoms with van der Waals surface area (Å²) >= 11 is 0. The smallest absolute Gasteiger partial charge is 0.251 e. The summed E-state index contributed by atoms with van der Waals surface area (Å²) in [6.45, 7) is 6.72. The van der Waals surface area contributed by atoms with E-state index in [9.17, 15) is 4.79 Å². The van der Waals surface area contributed by atoms with E-state index >= 15 is 0 Å². The lowest BCUT2D eigenvalue weighted by atomic mass is 10.0. The molecule has 1 atom stereocenters. The molecule has 0 spiro atoms. The number of amides is 1. The predicted octanol–water partition coefficient (Wildman–Crippen LogP) is 3.73. The van der Waals surface area contributed by atoms with E-state index in [2.05, 4.69) is 17.1 Å². The van der Waals surface area contributed by atoms with Gasteiger partial charge in [0.15, 0.2) is 0 Å². The molecule has 0 aliphatic carbocycles. The van der Waals surface area contributed by atoms with Gasteiger partial charge in [0.25, 0.3) is 5.91 Å². The fraction of sp³-hybridized carbons (Fsp3) is 0.409. The molecular formula is C22H28N2O2. The Morgan fingerprint density at radius 2 is 1.92 bits per heavy atom. The monoisotopic (exact) mass is 352 g/mol. The fourth-order valence-corrected chi connectivity index (χ4v) is 3.36. The Kier molecular flexibility index (Phi) is 6.67. The van der Waals surface area contributed by atoms with Gasteiger partial charge in [0.1, 0.15) is 12.4 Å². The number of nitrogens with one attached hydrogen (secondary N) is 1. The van der Waals surface area contributed by atoms with Gasteiger partial charge in [0.2, 0.25) is 0 Å². The highest BCUT2D eigenvalue weighted by atomic mass is 16.5. The summed E-state index contributed by atoms with van der Waals surface area (Å²) in [6, 6.07) is 17.4. The third-order valence-electron chi connectivity index (χ3n) is 4.82. The van der Waals surface area contributed by atoms with Crippen molar-refractivity contribution < 1.29 is 9.53 Å². The number of piperidine rings is 1. The fourth-order valence-electron chi connectivity index (χ4n) is 3.36. The van der Waals surface area contributed by atoms with Gasteiger partial charge in [-0.3, -0.25) is 4.79 Å². The first kappa shape index (κ1) is 18.5. The molecule has 138 valence electrons. The van der Waals surface area contributed by atoms with Gasteiger partial charge < -0.3 is 15.0 Å². The molecular weight excluding hydrogens is 324 g/mol. The molecule has 1 aliphatic heterocycles. The highest BCUT2D eigenvalue weighted by Crippen LogP contribution is 2.15. The molecule has 0 aromatic heterocycles. The Morgan fingerprint density at radius 3 is 2.65 bits per heavy atom. The molecule has 2 aromatic carbocycles. The maximum absolute atomic E-state index is 12.3. The Hall–Kier alpha value is -2.33. The van der Waals surface area contributed by atoms with Gasteiger partial charge in [-0.15, -0.1) is 0 Å². The van der Waals surface area contributed by atoms with Crippen molar-refractivity contribution in [2.24, 2.45) is 5.92 Å². The van der Waals surface area contributed by atoms with Crippen molar-refractivity contribution in [1.29, 1.82) is 0 Å². The quantitative estimate of drug-likeness (QED) is 0.826. The van der Waals surface area contributed by atoms with Crippen LogP contribution in [0.25, 0.3) is 0 Å². The minimum atomic E-state index is -0.00872. The van der Waals surface area contributed by atoms with Gasteiger partial charge in [-0.05, 0) is 55.1 Å². The molecule has 0 saturated carbocycles. The lowest BCUT2D eigenvalue weighted by Gasteiger charge is -2.30. The summed E-state index contributed by atoms with van der Waals surface area (Å²) in [6.07, 6.45) is 2.59. The first-order valence-electron chi connectivity index (χ1n) is 9.48. The van der Waals surface area contributed by atoms with Crippen LogP contribution in [0.2, 0.25) is 0 Å². The lowest BCUT2D eigenvalue weighted by Crippen LogP contribution is -2.40. The minimum absolute atomic E-state index is 0.00872. The van der Waals surface area contributed by atoms with Crippen molar-refractivity contribution in [1.82, 2.24) is 10.2 Å². The number of nitrogens with zero attached hydrogens (tertiary/aromatic N) is 1. The molecule has 0 bridgehead atoms. The molecule has 4 heteroatoms. The summed E-state index contributed by atoms with van der Waals surface area (Å²) in [5, 5.41) is 3.03. The maximum Gasteiger partial charge on any atom is 0.251 e. The van der Waals surface area contributed by atoms with Crippen molar-refractivity contribution in [3.8, 4) is 5.75 Å². The summed E-state index contributed by atoms with van der Waals surface area (Å²) in [4.78, 5) is 14.7. The summed E-state index contributed by atoms with van der Waals surface area (Å²) in [5.74, 6) is 1.61. The number of para-hydroxylation sites is 1. The number of likely N-dealkylation sites (tertiary alicyclic amines) is 1. The number of benzene rings is 2. The molecule has 1 aliphatic rings. The number of carbonyl (C=O) groups is 1. The average molecular weight is 352 g/mol. The number of hydrogen-bond acceptors (Lipinski definition) is 3. The van der Waals surface area contributed by atoms with Crippen LogP contribution in [-0.4, -0.2) is 37.0 Å². The molecule has 1 N–H and O–H groups in total. The Morgan fingerprint density at radius 1 is 1.15 bits per heavy atom. The van der Waals surface area contributed by atoms with E-state index in [0.717, 1.165) is 36.9 Å². The molecule has 3 rings (SSSR count). The van der Waals surface area contributed by atoms with Gasteiger partial charge in [-0.25, -0.2) is 0 Å². The van der Waals surface area contributed by atoms with Crippen LogP contribution in [0, 0.1) is 5.92 Å². The molecule has 2 aromatic rings. The molecule has 26 heavy (non-hydrogen) atoms. The molecule has 1 saturated heterocycles. The van der Waals surface area contributed by atoms with Crippen LogP contribution in [-0.2, 0) is 6.61 Å². The average Bonchev–Trinajstić information content (AvgIpc) is 2.67. The van der Waals surface area contributed by atoms with Gasteiger partial charge in [-0.1, -0.05) is 37.3 Å². The Balaban J connectivity index is 1.41. The molecule has 1 amide bonds. The molecule has 4 nitrogen and oxygen atoms in total. The van der Waals surface area contributed by atoms with Crippen LogP contribution in [0.4, 0.5) is 0 Å². The minimum Gasteiger partial charge on any atom is -0.489 e. The Bertz CT molecular complexity index is 685.